The summed E-state index contributed by atoms with van der Waals surface area (Å²) >= 11 is 0. The second kappa shape index (κ2) is 6.68. The van der Waals surface area contributed by atoms with Crippen molar-refractivity contribution in [1.29, 1.82) is 0 Å². The van der Waals surface area contributed by atoms with Crippen LogP contribution in [0.25, 0.3) is 10.9 Å². The molecule has 23 heavy (non-hydrogen) atoms. The SMILES string of the molecule is CCC(C)N(CC(=O)O)C(=O)c1cc2c(OC)ccc(F)c2[nH]1. The van der Waals surface area contributed by atoms with Gasteiger partial charge in [-0.25, -0.2) is 4.39 Å². The van der Waals surface area contributed by atoms with E-state index in [2.05, 4.69) is 4.98 Å². The van der Waals surface area contributed by atoms with Crippen molar-refractivity contribution in [3.8, 4) is 5.75 Å². The number of amides is 1. The van der Waals surface area contributed by atoms with Crippen molar-refractivity contribution in [3.63, 3.8) is 0 Å². The van der Waals surface area contributed by atoms with Gasteiger partial charge in [-0.05, 0) is 31.5 Å². The first-order valence-corrected chi connectivity index (χ1v) is 7.27. The van der Waals surface area contributed by atoms with Crippen LogP contribution in [0.2, 0.25) is 0 Å². The van der Waals surface area contributed by atoms with Crippen molar-refractivity contribution in [1.82, 2.24) is 9.88 Å². The predicted octanol–water partition coefficient (Wildman–Crippen LogP) is 2.64. The molecule has 0 radical (unpaired) electrons. The number of nitrogens with one attached hydrogen (secondary N) is 1. The molecule has 0 fully saturated rings. The number of fused-ring (bicyclic) bond motifs is 1. The van der Waals surface area contributed by atoms with E-state index >= 15 is 0 Å². The molecule has 0 aliphatic carbocycles. The Morgan fingerprint density at radius 1 is 1.43 bits per heavy atom. The van der Waals surface area contributed by atoms with Gasteiger partial charge in [0.15, 0.2) is 0 Å². The number of methoxy groups -OCH3 is 1. The van der Waals surface area contributed by atoms with Crippen LogP contribution in [0.1, 0.15) is 30.8 Å². The molecule has 0 bridgehead atoms. The average Bonchev–Trinajstić information content (AvgIpc) is 2.97. The van der Waals surface area contributed by atoms with E-state index in [1.54, 1.807) is 6.92 Å². The number of hydrogen-bond acceptors (Lipinski definition) is 3. The number of carbonyl (C=O) groups excluding carboxylic acids is 1. The number of H-pyrrole nitrogens is 1. The number of ether oxygens (including phenoxy) is 1. The van der Waals surface area contributed by atoms with Gasteiger partial charge in [0, 0.05) is 11.4 Å². The van der Waals surface area contributed by atoms with Gasteiger partial charge in [0.05, 0.1) is 12.6 Å². The van der Waals surface area contributed by atoms with Gasteiger partial charge in [-0.3, -0.25) is 9.59 Å². The second-order valence-corrected chi connectivity index (χ2v) is 5.31. The standard InChI is InChI=1S/C16H19FN2O4/c1-4-9(2)19(8-14(20)21)16(22)12-7-10-13(23-3)6-5-11(17)15(10)18-12/h5-7,9,18H,4,8H2,1-3H3,(H,20,21). The van der Waals surface area contributed by atoms with E-state index in [-0.39, 0.29) is 17.3 Å². The molecule has 1 aromatic carbocycles. The number of rotatable bonds is 6. The van der Waals surface area contributed by atoms with Crippen LogP contribution in [-0.4, -0.2) is 46.6 Å². The largest absolute Gasteiger partial charge is 0.496 e. The van der Waals surface area contributed by atoms with Crippen LogP contribution in [0, 0.1) is 5.82 Å². The molecule has 0 saturated heterocycles. The van der Waals surface area contributed by atoms with Crippen molar-refractivity contribution < 1.29 is 23.8 Å². The molecule has 2 N–H and O–H groups in total. The van der Waals surface area contributed by atoms with Gasteiger partial charge >= 0.3 is 5.97 Å². The summed E-state index contributed by atoms with van der Waals surface area (Å²) in [6.45, 7) is 3.22. The molecule has 0 saturated carbocycles. The summed E-state index contributed by atoms with van der Waals surface area (Å²) in [4.78, 5) is 27.6. The zero-order valence-electron chi connectivity index (χ0n) is 13.2. The van der Waals surface area contributed by atoms with E-state index in [1.807, 2.05) is 6.92 Å². The maximum Gasteiger partial charge on any atom is 0.323 e. The van der Waals surface area contributed by atoms with Gasteiger partial charge in [-0.2, -0.15) is 0 Å². The number of aromatic amines is 1. The summed E-state index contributed by atoms with van der Waals surface area (Å²) in [6.07, 6.45) is 0.608. The summed E-state index contributed by atoms with van der Waals surface area (Å²) < 4.78 is 19.1. The molecule has 0 spiro atoms. The van der Waals surface area contributed by atoms with Crippen LogP contribution in [0.5, 0.6) is 5.75 Å². The van der Waals surface area contributed by atoms with Gasteiger partial charge < -0.3 is 19.7 Å². The van der Waals surface area contributed by atoms with Crippen LogP contribution in [0.3, 0.4) is 0 Å². The third-order valence-corrected chi connectivity index (χ3v) is 3.84. The number of hydrogen-bond donors (Lipinski definition) is 2. The van der Waals surface area contributed by atoms with Crippen LogP contribution < -0.4 is 4.74 Å². The third kappa shape index (κ3) is 3.28. The molecule has 2 rings (SSSR count). The Kier molecular flexibility index (Phi) is 4.88. The van der Waals surface area contributed by atoms with Crippen molar-refractivity contribution in [2.75, 3.05) is 13.7 Å². The van der Waals surface area contributed by atoms with Gasteiger partial charge in [0.25, 0.3) is 5.91 Å². The first kappa shape index (κ1) is 16.8. The van der Waals surface area contributed by atoms with E-state index in [1.165, 1.54) is 30.2 Å². The molecule has 1 atom stereocenters. The number of aliphatic carboxylic acids is 1. The minimum Gasteiger partial charge on any atom is -0.496 e. The monoisotopic (exact) mass is 322 g/mol. The van der Waals surface area contributed by atoms with Crippen molar-refractivity contribution in [2.45, 2.75) is 26.3 Å². The van der Waals surface area contributed by atoms with Crippen LogP contribution in [0.15, 0.2) is 18.2 Å². The summed E-state index contributed by atoms with van der Waals surface area (Å²) in [6, 6.07) is 3.95. The number of carboxylic acids is 1. The Balaban J connectivity index is 2.47. The number of carbonyl (C=O) groups is 2. The van der Waals surface area contributed by atoms with E-state index < -0.39 is 24.2 Å². The Bertz CT molecular complexity index is 741. The molecule has 1 heterocycles. The third-order valence-electron chi connectivity index (χ3n) is 3.84. The van der Waals surface area contributed by atoms with Crippen molar-refractivity contribution in [2.24, 2.45) is 0 Å². The molecule has 1 aromatic heterocycles. The molecule has 124 valence electrons. The fourth-order valence-electron chi connectivity index (χ4n) is 2.40. The molecular weight excluding hydrogens is 303 g/mol. The minimum absolute atomic E-state index is 0.130. The Labute approximate surface area is 132 Å². The topological polar surface area (TPSA) is 82.6 Å². The predicted molar refractivity (Wildman–Crippen MR) is 83.2 cm³/mol. The first-order valence-electron chi connectivity index (χ1n) is 7.27. The maximum atomic E-state index is 13.9. The second-order valence-electron chi connectivity index (χ2n) is 5.31. The number of carboxylic acid groups (broad SMARTS) is 1. The van der Waals surface area contributed by atoms with Crippen LogP contribution in [0.4, 0.5) is 4.39 Å². The molecule has 0 aliphatic rings. The number of aromatic nitrogens is 1. The Morgan fingerprint density at radius 2 is 2.13 bits per heavy atom. The zero-order valence-corrected chi connectivity index (χ0v) is 13.2. The lowest BCUT2D eigenvalue weighted by atomic mass is 10.2. The fourth-order valence-corrected chi connectivity index (χ4v) is 2.40. The normalized spacial score (nSPS) is 12.2. The smallest absolute Gasteiger partial charge is 0.323 e. The number of nitrogens with zero attached hydrogens (tertiary/aromatic N) is 1. The highest BCUT2D eigenvalue weighted by molar-refractivity contribution is 6.00. The Morgan fingerprint density at radius 3 is 2.70 bits per heavy atom. The fraction of sp³-hybridized carbons (Fsp3) is 0.375. The van der Waals surface area contributed by atoms with Gasteiger partial charge in [-0.15, -0.1) is 0 Å². The molecule has 7 heteroatoms. The lowest BCUT2D eigenvalue weighted by Crippen LogP contribution is -2.42. The summed E-state index contributed by atoms with van der Waals surface area (Å²) in [5.74, 6) is -1.66. The molecule has 0 aliphatic heterocycles. The van der Waals surface area contributed by atoms with Gasteiger partial charge in [0.1, 0.15) is 23.8 Å². The Hall–Kier alpha value is -2.57. The highest BCUT2D eigenvalue weighted by Crippen LogP contribution is 2.29. The van der Waals surface area contributed by atoms with E-state index in [4.69, 9.17) is 9.84 Å². The van der Waals surface area contributed by atoms with Crippen molar-refractivity contribution in [3.05, 3.63) is 29.7 Å². The summed E-state index contributed by atoms with van der Waals surface area (Å²) in [5.41, 5.74) is 0.289. The highest BCUT2D eigenvalue weighted by Gasteiger charge is 2.25. The quantitative estimate of drug-likeness (QED) is 0.856. The molecule has 2 aromatic rings. The minimum atomic E-state index is -1.10. The number of benzene rings is 1. The molecule has 6 nitrogen and oxygen atoms in total. The molecule has 1 unspecified atom stereocenters. The van der Waals surface area contributed by atoms with Gasteiger partial charge in [-0.1, -0.05) is 6.92 Å². The maximum absolute atomic E-state index is 13.9. The number of halogens is 1. The van der Waals surface area contributed by atoms with E-state index in [0.29, 0.717) is 17.6 Å². The van der Waals surface area contributed by atoms with Crippen molar-refractivity contribution >= 4 is 22.8 Å². The average molecular weight is 322 g/mol. The first-order chi connectivity index (χ1) is 10.9. The molecule has 1 amide bonds. The van der Waals surface area contributed by atoms with Crippen LogP contribution in [-0.2, 0) is 4.79 Å². The van der Waals surface area contributed by atoms with Crippen LogP contribution >= 0.6 is 0 Å². The summed E-state index contributed by atoms with van der Waals surface area (Å²) in [7, 11) is 1.46. The summed E-state index contributed by atoms with van der Waals surface area (Å²) in [5, 5.41) is 9.45. The molecular formula is C16H19FN2O4. The van der Waals surface area contributed by atoms with Gasteiger partial charge in [0.2, 0.25) is 0 Å². The lowest BCUT2D eigenvalue weighted by molar-refractivity contribution is -0.138. The lowest BCUT2D eigenvalue weighted by Gasteiger charge is -2.26. The highest BCUT2D eigenvalue weighted by atomic mass is 19.1. The van der Waals surface area contributed by atoms with E-state index in [0.717, 1.165) is 0 Å². The zero-order chi connectivity index (χ0) is 17.1. The van der Waals surface area contributed by atoms with E-state index in [9.17, 15) is 14.0 Å².